The first-order valence-electron chi connectivity index (χ1n) is 6.75. The van der Waals surface area contributed by atoms with Gasteiger partial charge in [0.2, 0.25) is 0 Å². The number of hydrazine groups is 1. The van der Waals surface area contributed by atoms with Gasteiger partial charge in [-0.2, -0.15) is 0 Å². The fourth-order valence-electron chi connectivity index (χ4n) is 3.10. The largest absolute Gasteiger partial charge is 0.308 e. The van der Waals surface area contributed by atoms with Gasteiger partial charge in [0.1, 0.15) is 11.6 Å². The molecule has 0 unspecified atom stereocenters. The van der Waals surface area contributed by atoms with Gasteiger partial charge in [-0.25, -0.2) is 15.8 Å². The summed E-state index contributed by atoms with van der Waals surface area (Å²) in [4.78, 5) is 9.44. The van der Waals surface area contributed by atoms with Crippen molar-refractivity contribution in [1.82, 2.24) is 9.97 Å². The van der Waals surface area contributed by atoms with E-state index in [1.807, 2.05) is 0 Å². The fourth-order valence-corrected chi connectivity index (χ4v) is 3.10. The van der Waals surface area contributed by atoms with Crippen LogP contribution in [0.25, 0.3) is 0 Å². The van der Waals surface area contributed by atoms with Crippen LogP contribution in [0.1, 0.15) is 61.5 Å². The smallest absolute Gasteiger partial charge is 0.147 e. The highest BCUT2D eigenvalue weighted by atomic mass is 15.3. The average molecular weight is 232 g/mol. The summed E-state index contributed by atoms with van der Waals surface area (Å²) in [6.45, 7) is 0. The maximum atomic E-state index is 5.60. The molecule has 0 radical (unpaired) electrons. The number of nitrogens with zero attached hydrogens (tertiary/aromatic N) is 2. The Kier molecular flexibility index (Phi) is 2.97. The molecule has 3 N–H and O–H groups in total. The molecule has 1 saturated carbocycles. The van der Waals surface area contributed by atoms with E-state index in [0.717, 1.165) is 24.5 Å². The van der Waals surface area contributed by atoms with Crippen LogP contribution < -0.4 is 11.3 Å². The molecule has 17 heavy (non-hydrogen) atoms. The zero-order valence-corrected chi connectivity index (χ0v) is 10.2. The van der Waals surface area contributed by atoms with E-state index in [1.165, 1.54) is 49.8 Å². The first-order chi connectivity index (χ1) is 8.38. The number of anilines is 1. The Morgan fingerprint density at radius 3 is 2.53 bits per heavy atom. The summed E-state index contributed by atoms with van der Waals surface area (Å²) >= 11 is 0. The van der Waals surface area contributed by atoms with Gasteiger partial charge in [0.25, 0.3) is 0 Å². The molecule has 0 aliphatic heterocycles. The predicted molar refractivity (Wildman–Crippen MR) is 67.7 cm³/mol. The number of nitrogens with two attached hydrogens (primary N) is 1. The van der Waals surface area contributed by atoms with Crippen LogP contribution in [0, 0.1) is 0 Å². The van der Waals surface area contributed by atoms with Crippen LogP contribution in [0.2, 0.25) is 0 Å². The molecular weight excluding hydrogens is 212 g/mol. The number of aryl methyl sites for hydroxylation is 1. The van der Waals surface area contributed by atoms with Crippen molar-refractivity contribution in [2.75, 3.05) is 5.43 Å². The third kappa shape index (κ3) is 2.02. The highest BCUT2D eigenvalue weighted by Crippen LogP contribution is 2.34. The molecule has 0 saturated heterocycles. The van der Waals surface area contributed by atoms with Crippen LogP contribution in [0.15, 0.2) is 0 Å². The summed E-state index contributed by atoms with van der Waals surface area (Å²) in [6.07, 6.45) is 9.75. The molecule has 0 spiro atoms. The monoisotopic (exact) mass is 232 g/mol. The summed E-state index contributed by atoms with van der Waals surface area (Å²) in [5, 5.41) is 0. The number of rotatable bonds is 2. The van der Waals surface area contributed by atoms with E-state index in [9.17, 15) is 0 Å². The highest BCUT2D eigenvalue weighted by Gasteiger charge is 2.23. The normalized spacial score (nSPS) is 20.3. The number of aromatic nitrogens is 2. The molecule has 1 aromatic heterocycles. The predicted octanol–water partition coefficient (Wildman–Crippen LogP) is 2.30. The second kappa shape index (κ2) is 4.61. The van der Waals surface area contributed by atoms with Crippen molar-refractivity contribution >= 4 is 5.82 Å². The third-order valence-electron chi connectivity index (χ3n) is 4.06. The minimum absolute atomic E-state index is 0.564. The lowest BCUT2D eigenvalue weighted by Crippen LogP contribution is -2.18. The maximum Gasteiger partial charge on any atom is 0.147 e. The molecule has 4 heteroatoms. The molecule has 0 aromatic carbocycles. The standard InChI is InChI=1S/C13H20N4/c14-17-13-10-7-3-4-8-11(10)15-12(16-13)9-5-1-2-6-9/h9H,1-8,14H2,(H,15,16,17). The fraction of sp³-hybridized carbons (Fsp3) is 0.692. The van der Waals surface area contributed by atoms with E-state index in [2.05, 4.69) is 10.4 Å². The topological polar surface area (TPSA) is 63.8 Å². The van der Waals surface area contributed by atoms with Crippen molar-refractivity contribution in [2.24, 2.45) is 5.84 Å². The SMILES string of the molecule is NNc1nc(C2CCCC2)nc2c1CCCC2. The number of hydrogen-bond donors (Lipinski definition) is 2. The number of hydrogen-bond acceptors (Lipinski definition) is 4. The van der Waals surface area contributed by atoms with E-state index in [4.69, 9.17) is 10.8 Å². The minimum atomic E-state index is 0.564. The van der Waals surface area contributed by atoms with E-state index in [-0.39, 0.29) is 0 Å². The zero-order valence-electron chi connectivity index (χ0n) is 10.2. The van der Waals surface area contributed by atoms with Gasteiger partial charge in [-0.15, -0.1) is 0 Å². The van der Waals surface area contributed by atoms with Crippen LogP contribution in [-0.2, 0) is 12.8 Å². The molecule has 92 valence electrons. The summed E-state index contributed by atoms with van der Waals surface area (Å²) in [7, 11) is 0. The van der Waals surface area contributed by atoms with Crippen molar-refractivity contribution in [3.8, 4) is 0 Å². The molecule has 1 fully saturated rings. The second-order valence-electron chi connectivity index (χ2n) is 5.19. The second-order valence-corrected chi connectivity index (χ2v) is 5.19. The molecule has 0 atom stereocenters. The highest BCUT2D eigenvalue weighted by molar-refractivity contribution is 5.47. The van der Waals surface area contributed by atoms with E-state index < -0.39 is 0 Å². The number of nitrogens with one attached hydrogen (secondary N) is 1. The van der Waals surface area contributed by atoms with Crippen molar-refractivity contribution in [3.63, 3.8) is 0 Å². The lowest BCUT2D eigenvalue weighted by Gasteiger charge is -2.20. The van der Waals surface area contributed by atoms with E-state index in [0.29, 0.717) is 5.92 Å². The Labute approximate surface area is 102 Å². The molecule has 2 aliphatic rings. The first-order valence-corrected chi connectivity index (χ1v) is 6.75. The maximum absolute atomic E-state index is 5.60. The summed E-state index contributed by atoms with van der Waals surface area (Å²) in [5.74, 6) is 8.06. The molecule has 2 aliphatic carbocycles. The van der Waals surface area contributed by atoms with Crippen LogP contribution in [0.4, 0.5) is 5.82 Å². The van der Waals surface area contributed by atoms with Gasteiger partial charge in [-0.3, -0.25) is 0 Å². The third-order valence-corrected chi connectivity index (χ3v) is 4.06. The number of fused-ring (bicyclic) bond motifs is 1. The van der Waals surface area contributed by atoms with Crippen LogP contribution in [0.5, 0.6) is 0 Å². The lowest BCUT2D eigenvalue weighted by atomic mass is 9.95. The van der Waals surface area contributed by atoms with Crippen molar-refractivity contribution in [3.05, 3.63) is 17.1 Å². The summed E-state index contributed by atoms with van der Waals surface area (Å²) in [5.41, 5.74) is 5.26. The van der Waals surface area contributed by atoms with Gasteiger partial charge in [0.15, 0.2) is 0 Å². The molecule has 0 amide bonds. The molecular formula is C13H20N4. The van der Waals surface area contributed by atoms with E-state index in [1.54, 1.807) is 0 Å². The number of nitrogen functional groups attached to an aromatic ring is 1. The Bertz CT molecular complexity index is 393. The molecule has 0 bridgehead atoms. The zero-order chi connectivity index (χ0) is 11.7. The molecule has 4 nitrogen and oxygen atoms in total. The van der Waals surface area contributed by atoms with Crippen molar-refractivity contribution in [2.45, 2.75) is 57.3 Å². The Morgan fingerprint density at radius 2 is 1.76 bits per heavy atom. The van der Waals surface area contributed by atoms with Crippen LogP contribution in [-0.4, -0.2) is 9.97 Å². The Balaban J connectivity index is 1.99. The Hall–Kier alpha value is -1.16. The first kappa shape index (κ1) is 11.0. The average Bonchev–Trinajstić information content (AvgIpc) is 2.91. The van der Waals surface area contributed by atoms with Gasteiger partial charge in [0, 0.05) is 17.2 Å². The summed E-state index contributed by atoms with van der Waals surface area (Å²) in [6, 6.07) is 0. The lowest BCUT2D eigenvalue weighted by molar-refractivity contribution is 0.621. The molecule has 1 aromatic rings. The Morgan fingerprint density at radius 1 is 1.00 bits per heavy atom. The van der Waals surface area contributed by atoms with Gasteiger partial charge < -0.3 is 5.43 Å². The van der Waals surface area contributed by atoms with Crippen LogP contribution in [0.3, 0.4) is 0 Å². The van der Waals surface area contributed by atoms with Gasteiger partial charge in [0.05, 0.1) is 0 Å². The van der Waals surface area contributed by atoms with Gasteiger partial charge in [-0.1, -0.05) is 12.8 Å². The van der Waals surface area contributed by atoms with E-state index >= 15 is 0 Å². The summed E-state index contributed by atoms with van der Waals surface area (Å²) < 4.78 is 0. The van der Waals surface area contributed by atoms with Crippen LogP contribution >= 0.6 is 0 Å². The van der Waals surface area contributed by atoms with Gasteiger partial charge in [-0.05, 0) is 38.5 Å². The molecule has 1 heterocycles. The van der Waals surface area contributed by atoms with Crippen molar-refractivity contribution in [1.29, 1.82) is 0 Å². The van der Waals surface area contributed by atoms with Crippen molar-refractivity contribution < 1.29 is 0 Å². The minimum Gasteiger partial charge on any atom is -0.308 e. The molecule has 3 rings (SSSR count). The quantitative estimate of drug-likeness (QED) is 0.606. The van der Waals surface area contributed by atoms with Gasteiger partial charge >= 0.3 is 0 Å².